The topological polar surface area (TPSA) is 69.6 Å². The van der Waals surface area contributed by atoms with E-state index in [1.165, 1.54) is 4.31 Å². The minimum atomic E-state index is -3.36. The Balaban J connectivity index is 2.54. The molecule has 1 fully saturated rings. The van der Waals surface area contributed by atoms with E-state index in [9.17, 15) is 8.42 Å². The standard InChI is InChI=1S/C11H24N2O3S/c1-9(2)10(3)12-17(15,16)13-6-4-11(8-14)5-7-13/h9-12,14H,4-8H2,1-3H3. The van der Waals surface area contributed by atoms with Gasteiger partial charge in [0.05, 0.1) is 0 Å². The van der Waals surface area contributed by atoms with Gasteiger partial charge in [0.1, 0.15) is 0 Å². The highest BCUT2D eigenvalue weighted by molar-refractivity contribution is 7.87. The Morgan fingerprint density at radius 3 is 2.24 bits per heavy atom. The number of hydrogen-bond acceptors (Lipinski definition) is 3. The molecule has 1 aliphatic rings. The molecule has 1 atom stereocenters. The van der Waals surface area contributed by atoms with Crippen LogP contribution < -0.4 is 4.72 Å². The van der Waals surface area contributed by atoms with Gasteiger partial charge in [0.25, 0.3) is 10.2 Å². The summed E-state index contributed by atoms with van der Waals surface area (Å²) in [5.41, 5.74) is 0. The lowest BCUT2D eigenvalue weighted by Crippen LogP contribution is -2.49. The largest absolute Gasteiger partial charge is 0.396 e. The zero-order valence-corrected chi connectivity index (χ0v) is 11.7. The molecule has 17 heavy (non-hydrogen) atoms. The SMILES string of the molecule is CC(C)C(C)NS(=O)(=O)N1CCC(CO)CC1. The second-order valence-corrected chi connectivity index (χ2v) is 6.88. The molecule has 0 saturated carbocycles. The van der Waals surface area contributed by atoms with Gasteiger partial charge < -0.3 is 5.11 Å². The quantitative estimate of drug-likeness (QED) is 0.763. The third-order valence-electron chi connectivity index (χ3n) is 3.51. The van der Waals surface area contributed by atoms with Crippen molar-refractivity contribution >= 4 is 10.2 Å². The van der Waals surface area contributed by atoms with Crippen molar-refractivity contribution in [1.29, 1.82) is 0 Å². The summed E-state index contributed by atoms with van der Waals surface area (Å²) in [4.78, 5) is 0. The van der Waals surface area contributed by atoms with Crippen molar-refractivity contribution in [3.05, 3.63) is 0 Å². The Labute approximate surface area is 104 Å². The predicted molar refractivity (Wildman–Crippen MR) is 67.7 cm³/mol. The van der Waals surface area contributed by atoms with Gasteiger partial charge in [-0.2, -0.15) is 17.4 Å². The van der Waals surface area contributed by atoms with Crippen molar-refractivity contribution in [1.82, 2.24) is 9.03 Å². The van der Waals surface area contributed by atoms with Gasteiger partial charge in [0.2, 0.25) is 0 Å². The van der Waals surface area contributed by atoms with Gasteiger partial charge in [0.15, 0.2) is 0 Å². The second kappa shape index (κ2) is 6.13. The first-order valence-electron chi connectivity index (χ1n) is 6.25. The normalized spacial score (nSPS) is 21.9. The molecule has 0 bridgehead atoms. The molecule has 102 valence electrons. The first-order chi connectivity index (χ1) is 7.86. The van der Waals surface area contributed by atoms with Crippen molar-refractivity contribution < 1.29 is 13.5 Å². The van der Waals surface area contributed by atoms with Crippen LogP contribution in [-0.4, -0.2) is 43.6 Å². The zero-order valence-electron chi connectivity index (χ0n) is 10.9. The lowest BCUT2D eigenvalue weighted by molar-refractivity contribution is 0.169. The van der Waals surface area contributed by atoms with Crippen molar-refractivity contribution in [2.45, 2.75) is 39.7 Å². The lowest BCUT2D eigenvalue weighted by atomic mass is 10.00. The van der Waals surface area contributed by atoms with Gasteiger partial charge >= 0.3 is 0 Å². The average Bonchev–Trinajstić information content (AvgIpc) is 2.28. The van der Waals surface area contributed by atoms with Crippen LogP contribution in [0.1, 0.15) is 33.6 Å². The Kier molecular flexibility index (Phi) is 5.37. The molecule has 1 unspecified atom stereocenters. The molecule has 2 N–H and O–H groups in total. The van der Waals surface area contributed by atoms with E-state index in [2.05, 4.69) is 4.72 Å². The van der Waals surface area contributed by atoms with Gasteiger partial charge in [-0.1, -0.05) is 13.8 Å². The summed E-state index contributed by atoms with van der Waals surface area (Å²) in [7, 11) is -3.36. The van der Waals surface area contributed by atoms with E-state index in [1.54, 1.807) is 0 Å². The van der Waals surface area contributed by atoms with E-state index in [1.807, 2.05) is 20.8 Å². The van der Waals surface area contributed by atoms with Crippen molar-refractivity contribution in [3.63, 3.8) is 0 Å². The zero-order chi connectivity index (χ0) is 13.1. The first-order valence-corrected chi connectivity index (χ1v) is 7.69. The van der Waals surface area contributed by atoms with Gasteiger partial charge in [-0.3, -0.25) is 0 Å². The van der Waals surface area contributed by atoms with Gasteiger partial charge in [-0.25, -0.2) is 0 Å². The molecule has 0 spiro atoms. The molecule has 1 rings (SSSR count). The summed E-state index contributed by atoms with van der Waals surface area (Å²) in [6, 6.07) is -0.0597. The fourth-order valence-corrected chi connectivity index (χ4v) is 3.36. The smallest absolute Gasteiger partial charge is 0.279 e. The predicted octanol–water partition coefficient (Wildman–Crippen LogP) is 0.570. The highest BCUT2D eigenvalue weighted by atomic mass is 32.2. The third-order valence-corrected chi connectivity index (χ3v) is 5.22. The first kappa shape index (κ1) is 14.9. The maximum Gasteiger partial charge on any atom is 0.279 e. The van der Waals surface area contributed by atoms with E-state index >= 15 is 0 Å². The number of nitrogens with zero attached hydrogens (tertiary/aromatic N) is 1. The number of nitrogens with one attached hydrogen (secondary N) is 1. The van der Waals surface area contributed by atoms with E-state index < -0.39 is 10.2 Å². The third kappa shape index (κ3) is 4.21. The molecule has 5 nitrogen and oxygen atoms in total. The van der Waals surface area contributed by atoms with E-state index in [-0.39, 0.29) is 24.5 Å². The minimum absolute atomic E-state index is 0.0597. The van der Waals surface area contributed by atoms with Crippen LogP contribution in [0.25, 0.3) is 0 Å². The monoisotopic (exact) mass is 264 g/mol. The van der Waals surface area contributed by atoms with Crippen LogP contribution in [0.15, 0.2) is 0 Å². The number of aliphatic hydroxyl groups excluding tert-OH is 1. The molecule has 1 heterocycles. The Morgan fingerprint density at radius 1 is 1.29 bits per heavy atom. The molecule has 0 aromatic carbocycles. The summed E-state index contributed by atoms with van der Waals surface area (Å²) in [6.45, 7) is 7.03. The summed E-state index contributed by atoms with van der Waals surface area (Å²) >= 11 is 0. The average molecular weight is 264 g/mol. The molecule has 0 radical (unpaired) electrons. The van der Waals surface area contributed by atoms with Crippen molar-refractivity contribution in [2.24, 2.45) is 11.8 Å². The molecular weight excluding hydrogens is 240 g/mol. The fourth-order valence-electron chi connectivity index (χ4n) is 1.78. The van der Waals surface area contributed by atoms with Crippen LogP contribution in [0.3, 0.4) is 0 Å². The Bertz CT molecular complexity index is 322. The summed E-state index contributed by atoms with van der Waals surface area (Å²) in [5.74, 6) is 0.531. The van der Waals surface area contributed by atoms with E-state index in [0.29, 0.717) is 13.1 Å². The summed E-state index contributed by atoms with van der Waals surface area (Å²) < 4.78 is 28.3. The maximum absolute atomic E-state index is 12.0. The summed E-state index contributed by atoms with van der Waals surface area (Å²) in [6.07, 6.45) is 1.49. The molecule has 6 heteroatoms. The van der Waals surface area contributed by atoms with Gasteiger partial charge in [0, 0.05) is 25.7 Å². The highest BCUT2D eigenvalue weighted by Gasteiger charge is 2.29. The number of aliphatic hydroxyl groups is 1. The van der Waals surface area contributed by atoms with Crippen LogP contribution in [0.2, 0.25) is 0 Å². The number of piperidine rings is 1. The van der Waals surface area contributed by atoms with Crippen LogP contribution in [0.5, 0.6) is 0 Å². The van der Waals surface area contributed by atoms with Gasteiger partial charge in [-0.15, -0.1) is 0 Å². The minimum Gasteiger partial charge on any atom is -0.396 e. The summed E-state index contributed by atoms with van der Waals surface area (Å²) in [5, 5.41) is 9.01. The molecule has 0 amide bonds. The highest BCUT2D eigenvalue weighted by Crippen LogP contribution is 2.18. The Morgan fingerprint density at radius 2 is 1.82 bits per heavy atom. The second-order valence-electron chi connectivity index (χ2n) is 5.18. The molecule has 1 aliphatic heterocycles. The van der Waals surface area contributed by atoms with E-state index in [4.69, 9.17) is 5.11 Å². The van der Waals surface area contributed by atoms with Crippen LogP contribution in [0.4, 0.5) is 0 Å². The molecule has 0 aliphatic carbocycles. The molecular formula is C11H24N2O3S. The van der Waals surface area contributed by atoms with Crippen LogP contribution >= 0.6 is 0 Å². The number of hydrogen-bond donors (Lipinski definition) is 2. The van der Waals surface area contributed by atoms with Crippen molar-refractivity contribution in [3.8, 4) is 0 Å². The molecule has 1 saturated heterocycles. The molecule has 0 aromatic heterocycles. The maximum atomic E-state index is 12.0. The van der Waals surface area contributed by atoms with E-state index in [0.717, 1.165) is 12.8 Å². The van der Waals surface area contributed by atoms with Crippen molar-refractivity contribution in [2.75, 3.05) is 19.7 Å². The molecule has 0 aromatic rings. The van der Waals surface area contributed by atoms with Crippen LogP contribution in [-0.2, 0) is 10.2 Å². The van der Waals surface area contributed by atoms with Crippen LogP contribution in [0, 0.1) is 11.8 Å². The number of rotatable bonds is 5. The van der Waals surface area contributed by atoms with Gasteiger partial charge in [-0.05, 0) is 31.6 Å². The Hall–Kier alpha value is -0.170. The fraction of sp³-hybridized carbons (Fsp3) is 1.00. The lowest BCUT2D eigenvalue weighted by Gasteiger charge is -2.31.